The minimum Gasteiger partial charge on any atom is -0.497 e. The summed E-state index contributed by atoms with van der Waals surface area (Å²) in [4.78, 5) is 11.6. The number of methoxy groups -OCH3 is 1. The number of aliphatic carboxylic acids is 1. The third kappa shape index (κ3) is 2.87. The molecule has 1 fully saturated rings. The Morgan fingerprint density at radius 2 is 1.67 bits per heavy atom. The summed E-state index contributed by atoms with van der Waals surface area (Å²) in [5.74, 6) is -2.02. The number of hydrogen-bond donors (Lipinski definition) is 1. The van der Waals surface area contributed by atoms with E-state index < -0.39 is 32.9 Å². The first-order valence-corrected chi connectivity index (χ1v) is 9.15. The van der Waals surface area contributed by atoms with Crippen LogP contribution in [0.4, 0.5) is 0 Å². The van der Waals surface area contributed by atoms with Crippen molar-refractivity contribution in [2.24, 2.45) is 5.92 Å². The lowest BCUT2D eigenvalue weighted by molar-refractivity contribution is -0.138. The highest BCUT2D eigenvalue weighted by atomic mass is 35.5. The van der Waals surface area contributed by atoms with Crippen molar-refractivity contribution in [3.63, 3.8) is 0 Å². The van der Waals surface area contributed by atoms with Crippen molar-refractivity contribution < 1.29 is 23.1 Å². The molecule has 24 heavy (non-hydrogen) atoms. The Labute approximate surface area is 144 Å². The highest BCUT2D eigenvalue weighted by molar-refractivity contribution is 7.92. The summed E-state index contributed by atoms with van der Waals surface area (Å²) in [6, 6.07) is 12.6. The lowest BCUT2D eigenvalue weighted by Gasteiger charge is -2.05. The van der Waals surface area contributed by atoms with Gasteiger partial charge in [-0.3, -0.25) is 4.79 Å². The highest BCUT2D eigenvalue weighted by Crippen LogP contribution is 2.54. The van der Waals surface area contributed by atoms with Gasteiger partial charge in [-0.05, 0) is 42.0 Å². The molecule has 0 aliphatic heterocycles. The molecule has 126 valence electrons. The van der Waals surface area contributed by atoms with Crippen LogP contribution in [-0.4, -0.2) is 31.9 Å². The van der Waals surface area contributed by atoms with Gasteiger partial charge in [-0.15, -0.1) is 0 Å². The average molecular weight is 367 g/mol. The monoisotopic (exact) mass is 366 g/mol. The quantitative estimate of drug-likeness (QED) is 0.879. The molecule has 0 heterocycles. The van der Waals surface area contributed by atoms with E-state index in [1.807, 2.05) is 0 Å². The highest BCUT2D eigenvalue weighted by Gasteiger charge is 2.63. The Hall–Kier alpha value is -2.05. The van der Waals surface area contributed by atoms with Gasteiger partial charge in [-0.1, -0.05) is 23.7 Å². The van der Waals surface area contributed by atoms with Gasteiger partial charge in [0, 0.05) is 10.9 Å². The van der Waals surface area contributed by atoms with Gasteiger partial charge in [0.05, 0.1) is 23.2 Å². The van der Waals surface area contributed by atoms with Crippen LogP contribution in [0.1, 0.15) is 11.5 Å². The zero-order valence-corrected chi connectivity index (χ0v) is 14.3. The molecule has 0 spiro atoms. The summed E-state index contributed by atoms with van der Waals surface area (Å²) in [6.45, 7) is 0. The van der Waals surface area contributed by atoms with Gasteiger partial charge in [0.1, 0.15) is 5.75 Å². The molecule has 7 heteroatoms. The molecule has 3 rings (SSSR count). The Morgan fingerprint density at radius 1 is 1.08 bits per heavy atom. The third-order valence-electron chi connectivity index (χ3n) is 4.24. The van der Waals surface area contributed by atoms with E-state index in [1.54, 1.807) is 24.3 Å². The molecule has 0 radical (unpaired) electrons. The summed E-state index contributed by atoms with van der Waals surface area (Å²) < 4.78 is 30.7. The van der Waals surface area contributed by atoms with Crippen molar-refractivity contribution in [2.45, 2.75) is 16.1 Å². The molecule has 0 unspecified atom stereocenters. The maximum atomic E-state index is 12.8. The number of benzene rings is 2. The number of rotatable bonds is 5. The summed E-state index contributed by atoms with van der Waals surface area (Å²) in [6.07, 6.45) is 0. The van der Waals surface area contributed by atoms with E-state index in [9.17, 15) is 18.3 Å². The average Bonchev–Trinajstić information content (AvgIpc) is 3.32. The molecule has 1 saturated carbocycles. The molecule has 3 atom stereocenters. The lowest BCUT2D eigenvalue weighted by Crippen LogP contribution is -2.13. The topological polar surface area (TPSA) is 80.7 Å². The second-order valence-corrected chi connectivity index (χ2v) is 8.17. The van der Waals surface area contributed by atoms with Crippen molar-refractivity contribution in [1.29, 1.82) is 0 Å². The van der Waals surface area contributed by atoms with Gasteiger partial charge in [0.15, 0.2) is 9.84 Å². The van der Waals surface area contributed by atoms with Crippen molar-refractivity contribution >= 4 is 27.4 Å². The Balaban J connectivity index is 1.96. The van der Waals surface area contributed by atoms with Crippen LogP contribution in [-0.2, 0) is 14.6 Å². The molecule has 2 aromatic rings. The molecule has 2 aromatic carbocycles. The molecule has 0 bridgehead atoms. The van der Waals surface area contributed by atoms with Crippen molar-refractivity contribution in [2.75, 3.05) is 7.11 Å². The van der Waals surface area contributed by atoms with E-state index in [0.29, 0.717) is 16.3 Å². The first-order valence-electron chi connectivity index (χ1n) is 7.22. The zero-order valence-electron chi connectivity index (χ0n) is 12.7. The van der Waals surface area contributed by atoms with Gasteiger partial charge in [0.2, 0.25) is 0 Å². The number of carboxylic acids is 1. The predicted molar refractivity (Wildman–Crippen MR) is 89.3 cm³/mol. The minimum absolute atomic E-state index is 0.0826. The number of ether oxygens (including phenoxy) is 1. The molecule has 1 N–H and O–H groups in total. The Morgan fingerprint density at radius 3 is 2.17 bits per heavy atom. The van der Waals surface area contributed by atoms with E-state index in [4.69, 9.17) is 16.3 Å². The molecular weight excluding hydrogens is 352 g/mol. The van der Waals surface area contributed by atoms with Crippen molar-refractivity contribution in [3.8, 4) is 5.75 Å². The fraction of sp³-hybridized carbons (Fsp3) is 0.235. The molecular formula is C17H15ClO5S. The summed E-state index contributed by atoms with van der Waals surface area (Å²) >= 11 is 5.79. The summed E-state index contributed by atoms with van der Waals surface area (Å²) in [7, 11) is -2.23. The van der Waals surface area contributed by atoms with Crippen LogP contribution in [0, 0.1) is 5.92 Å². The maximum Gasteiger partial charge on any atom is 0.308 e. The Kier molecular flexibility index (Phi) is 4.27. The van der Waals surface area contributed by atoms with E-state index in [1.165, 1.54) is 31.4 Å². The molecule has 1 aliphatic carbocycles. The van der Waals surface area contributed by atoms with Crippen LogP contribution in [0.2, 0.25) is 5.02 Å². The largest absolute Gasteiger partial charge is 0.497 e. The number of hydrogen-bond acceptors (Lipinski definition) is 4. The lowest BCUT2D eigenvalue weighted by atomic mass is 10.1. The van der Waals surface area contributed by atoms with Crippen LogP contribution in [0.3, 0.4) is 0 Å². The molecule has 1 aliphatic rings. The fourth-order valence-corrected chi connectivity index (χ4v) is 5.22. The molecule has 0 saturated heterocycles. The van der Waals surface area contributed by atoms with Crippen LogP contribution < -0.4 is 4.74 Å². The zero-order chi connectivity index (χ0) is 17.5. The van der Waals surface area contributed by atoms with Gasteiger partial charge < -0.3 is 9.84 Å². The normalized spacial score (nSPS) is 22.8. The fourth-order valence-electron chi connectivity index (χ4n) is 2.97. The number of carboxylic acid groups (broad SMARTS) is 1. The second-order valence-electron chi connectivity index (χ2n) is 5.63. The number of carbonyl (C=O) groups is 1. The SMILES string of the molecule is COc1ccc([C@@H]2[C@H](C(=O)O)[C@@H]2S(=O)(=O)c2ccc(Cl)cc2)cc1. The van der Waals surface area contributed by atoms with Gasteiger partial charge >= 0.3 is 5.97 Å². The van der Waals surface area contributed by atoms with E-state index >= 15 is 0 Å². The third-order valence-corrected chi connectivity index (χ3v) is 6.72. The van der Waals surface area contributed by atoms with Gasteiger partial charge in [0.25, 0.3) is 0 Å². The standard InChI is InChI=1S/C17H15ClO5S/c1-23-12-6-2-10(3-7-12)14-15(17(19)20)16(14)24(21,22)13-8-4-11(18)5-9-13/h2-9,14-16H,1H3,(H,19,20)/t14-,15+,16-/m1/s1. The smallest absolute Gasteiger partial charge is 0.308 e. The molecule has 5 nitrogen and oxygen atoms in total. The van der Waals surface area contributed by atoms with Crippen LogP contribution >= 0.6 is 11.6 Å². The molecule has 0 amide bonds. The maximum absolute atomic E-state index is 12.8. The first-order chi connectivity index (χ1) is 11.4. The van der Waals surface area contributed by atoms with E-state index in [2.05, 4.69) is 0 Å². The molecule has 0 aromatic heterocycles. The summed E-state index contributed by atoms with van der Waals surface area (Å²) in [5.41, 5.74) is 0.672. The number of sulfone groups is 1. The Bertz CT molecular complexity index is 859. The van der Waals surface area contributed by atoms with Crippen molar-refractivity contribution in [3.05, 3.63) is 59.1 Å². The van der Waals surface area contributed by atoms with Crippen LogP contribution in [0.15, 0.2) is 53.4 Å². The second kappa shape index (κ2) is 6.11. The summed E-state index contributed by atoms with van der Waals surface area (Å²) in [5, 5.41) is 8.84. The predicted octanol–water partition coefficient (Wildman–Crippen LogP) is 2.99. The number of halogens is 1. The van der Waals surface area contributed by atoms with E-state index in [0.717, 1.165) is 0 Å². The minimum atomic E-state index is -3.76. The van der Waals surface area contributed by atoms with Crippen LogP contribution in [0.5, 0.6) is 5.75 Å². The van der Waals surface area contributed by atoms with Gasteiger partial charge in [-0.2, -0.15) is 0 Å². The van der Waals surface area contributed by atoms with Crippen molar-refractivity contribution in [1.82, 2.24) is 0 Å². The van der Waals surface area contributed by atoms with E-state index in [-0.39, 0.29) is 4.90 Å². The first kappa shape index (κ1) is 16.8. The van der Waals surface area contributed by atoms with Crippen LogP contribution in [0.25, 0.3) is 0 Å². The van der Waals surface area contributed by atoms with Gasteiger partial charge in [-0.25, -0.2) is 8.42 Å².